The number of rotatable bonds is 9. The maximum absolute atomic E-state index is 14.6. The molecular weight excluding hydrogens is 789 g/mol. The number of esters is 1. The second kappa shape index (κ2) is 18.2. The molecule has 4 atom stereocenters. The van der Waals surface area contributed by atoms with Gasteiger partial charge in [-0.2, -0.15) is 0 Å². The number of hydrogen-bond acceptors (Lipinski definition) is 10. The van der Waals surface area contributed by atoms with Crippen LogP contribution in [0.2, 0.25) is 0 Å². The summed E-state index contributed by atoms with van der Waals surface area (Å²) in [6.07, 6.45) is 3.19. The monoisotopic (exact) mass is 850 g/mol. The summed E-state index contributed by atoms with van der Waals surface area (Å²) in [6.45, 7) is 13.0. The second-order valence-corrected chi connectivity index (χ2v) is 18.5. The number of nitrogens with zero attached hydrogens (tertiary/aromatic N) is 4. The molecule has 6 bridgehead atoms. The van der Waals surface area contributed by atoms with Crippen LogP contribution in [0.5, 0.6) is 5.75 Å². The van der Waals surface area contributed by atoms with Crippen molar-refractivity contribution in [3.63, 3.8) is 0 Å². The lowest BCUT2D eigenvalue weighted by Crippen LogP contribution is -2.62. The predicted octanol–water partition coefficient (Wildman–Crippen LogP) is 5.71. The van der Waals surface area contributed by atoms with Crippen molar-refractivity contribution in [3.05, 3.63) is 71.5 Å². The second-order valence-electron chi connectivity index (χ2n) is 18.5. The van der Waals surface area contributed by atoms with Gasteiger partial charge in [0.15, 0.2) is 0 Å². The first-order valence-corrected chi connectivity index (χ1v) is 22.0. The Labute approximate surface area is 363 Å². The molecule has 1 aliphatic carbocycles. The van der Waals surface area contributed by atoms with Crippen molar-refractivity contribution < 1.29 is 38.9 Å². The SMILES string of the molecule is CCn1c(-c2cccnc2[C@H](C)OC)c2c3cc(ccc31)-c1cc(O)cc(c1)C[C@H](NC(=O)C(C(C)C)N(C)C(=O)C1CC(O)C1)C(=O)N1CCC[C@H](N1)C(=O)OCC(C)(C)C2. The van der Waals surface area contributed by atoms with Crippen LogP contribution in [-0.4, -0.2) is 105 Å². The molecule has 62 heavy (non-hydrogen) atoms. The Morgan fingerprint density at radius 1 is 1.10 bits per heavy atom. The van der Waals surface area contributed by atoms with Crippen LogP contribution in [0.3, 0.4) is 0 Å². The number of hydrazine groups is 1. The van der Waals surface area contributed by atoms with E-state index in [1.54, 1.807) is 32.5 Å². The summed E-state index contributed by atoms with van der Waals surface area (Å²) < 4.78 is 14.2. The first-order valence-electron chi connectivity index (χ1n) is 22.0. The highest BCUT2D eigenvalue weighted by molar-refractivity contribution is 5.96. The number of carbonyl (C=O) groups is 4. The van der Waals surface area contributed by atoms with Gasteiger partial charge in [0, 0.05) is 67.7 Å². The molecule has 4 aromatic rings. The summed E-state index contributed by atoms with van der Waals surface area (Å²) in [6, 6.07) is 12.6. The number of aryl methyl sites for hydroxylation is 1. The van der Waals surface area contributed by atoms with E-state index in [2.05, 4.69) is 54.3 Å². The minimum absolute atomic E-state index is 0.00163. The Bertz CT molecular complexity index is 2330. The molecule has 0 radical (unpaired) electrons. The molecule has 2 aromatic heterocycles. The number of cyclic esters (lactones) is 1. The van der Waals surface area contributed by atoms with Crippen molar-refractivity contribution >= 4 is 34.6 Å². The Morgan fingerprint density at radius 2 is 1.85 bits per heavy atom. The van der Waals surface area contributed by atoms with Crippen LogP contribution in [0, 0.1) is 17.3 Å². The lowest BCUT2D eigenvalue weighted by Gasteiger charge is -2.38. The van der Waals surface area contributed by atoms with Gasteiger partial charge in [-0.25, -0.2) is 5.43 Å². The van der Waals surface area contributed by atoms with Gasteiger partial charge in [0.1, 0.15) is 23.9 Å². The molecule has 0 spiro atoms. The summed E-state index contributed by atoms with van der Waals surface area (Å²) in [5.74, 6) is -2.34. The number of aliphatic hydroxyl groups is 1. The Balaban J connectivity index is 1.34. The minimum Gasteiger partial charge on any atom is -0.508 e. The largest absolute Gasteiger partial charge is 0.508 e. The third-order valence-electron chi connectivity index (χ3n) is 12.8. The zero-order valence-electron chi connectivity index (χ0n) is 37.2. The molecule has 4 heterocycles. The number of pyridine rings is 1. The Kier molecular flexibility index (Phi) is 13.1. The van der Waals surface area contributed by atoms with E-state index in [0.29, 0.717) is 50.8 Å². The van der Waals surface area contributed by atoms with E-state index in [9.17, 15) is 29.4 Å². The van der Waals surface area contributed by atoms with Crippen LogP contribution >= 0.6 is 0 Å². The molecule has 7 rings (SSSR count). The third-order valence-corrected chi connectivity index (χ3v) is 12.8. The number of hydrogen-bond donors (Lipinski definition) is 4. The number of methoxy groups -OCH3 is 1. The number of nitrogens with one attached hydrogen (secondary N) is 2. The average molecular weight is 851 g/mol. The van der Waals surface area contributed by atoms with Gasteiger partial charge >= 0.3 is 5.97 Å². The molecule has 332 valence electrons. The summed E-state index contributed by atoms with van der Waals surface area (Å²) >= 11 is 0. The van der Waals surface area contributed by atoms with Crippen LogP contribution in [0.25, 0.3) is 33.3 Å². The van der Waals surface area contributed by atoms with E-state index in [4.69, 9.17) is 14.5 Å². The van der Waals surface area contributed by atoms with Crippen molar-refractivity contribution in [3.8, 4) is 28.1 Å². The molecule has 1 unspecified atom stereocenters. The fraction of sp³-hybridized carbons (Fsp3) is 0.521. The first-order chi connectivity index (χ1) is 29.5. The van der Waals surface area contributed by atoms with Crippen LogP contribution in [0.4, 0.5) is 0 Å². The lowest BCUT2D eigenvalue weighted by atomic mass is 9.81. The quantitative estimate of drug-likeness (QED) is 0.153. The van der Waals surface area contributed by atoms with Gasteiger partial charge in [-0.1, -0.05) is 39.8 Å². The van der Waals surface area contributed by atoms with Crippen molar-refractivity contribution in [1.29, 1.82) is 0 Å². The van der Waals surface area contributed by atoms with E-state index in [1.807, 2.05) is 39.0 Å². The number of phenols is 1. The molecule has 14 heteroatoms. The number of aromatic hydroxyl groups is 1. The van der Waals surface area contributed by atoms with Crippen LogP contribution in [-0.2, 0) is 48.0 Å². The molecule has 2 fully saturated rings. The first kappa shape index (κ1) is 44.7. The van der Waals surface area contributed by atoms with Crippen LogP contribution in [0.1, 0.15) is 90.2 Å². The van der Waals surface area contributed by atoms with Crippen molar-refractivity contribution in [1.82, 2.24) is 30.2 Å². The van der Waals surface area contributed by atoms with Gasteiger partial charge in [-0.3, -0.25) is 29.2 Å². The standard InChI is InChI=1S/C48H62N6O8/c1-9-53-40-15-14-30-24-36(40)37(43(53)35-12-10-16-49-41(35)28(4)61-8)25-48(5,6)26-62-47(60)38-13-11-17-54(51-38)46(59)39(20-29-18-31(30)21-33(55)19-29)50-44(57)42(27(2)3)52(7)45(58)32-22-34(56)23-32/h10,12,14-16,18-19,21,24,27-28,32,34,38-39,42,51,55-56H,9,11,13,17,20,22-23,25-26H2,1-8H3,(H,50,57)/t28-,32?,34?,38-,39-,42?/m0/s1. The molecule has 2 aromatic carbocycles. The molecular formula is C48H62N6O8. The number of benzene rings is 2. The fourth-order valence-electron chi connectivity index (χ4n) is 9.46. The van der Waals surface area contributed by atoms with Gasteiger partial charge in [0.2, 0.25) is 11.8 Å². The number of phenolic OH excluding ortho intramolecular Hbond substituents is 1. The van der Waals surface area contributed by atoms with E-state index >= 15 is 0 Å². The van der Waals surface area contributed by atoms with Gasteiger partial charge in [-0.15, -0.1) is 0 Å². The van der Waals surface area contributed by atoms with Crippen molar-refractivity contribution in [2.24, 2.45) is 17.3 Å². The smallest absolute Gasteiger partial charge is 0.324 e. The number of carbonyl (C=O) groups excluding carboxylic acids is 4. The average Bonchev–Trinajstić information content (AvgIpc) is 3.54. The number of ether oxygens (including phenoxy) is 2. The Hall–Kier alpha value is -5.31. The summed E-state index contributed by atoms with van der Waals surface area (Å²) in [7, 11) is 3.26. The van der Waals surface area contributed by atoms with Crippen molar-refractivity contribution in [2.45, 2.75) is 117 Å². The molecule has 3 aliphatic rings. The highest BCUT2D eigenvalue weighted by Gasteiger charge is 2.41. The molecule has 1 saturated carbocycles. The van der Waals surface area contributed by atoms with Gasteiger partial charge < -0.3 is 34.5 Å². The van der Waals surface area contributed by atoms with E-state index < -0.39 is 47.4 Å². The van der Waals surface area contributed by atoms with E-state index in [1.165, 1.54) is 9.91 Å². The third kappa shape index (κ3) is 9.09. The number of aromatic nitrogens is 2. The van der Waals surface area contributed by atoms with Crippen molar-refractivity contribution in [2.75, 3.05) is 27.3 Å². The number of likely N-dealkylation sites (N-methyl/N-ethyl adjacent to an activating group) is 1. The normalized spacial score (nSPS) is 22.6. The summed E-state index contributed by atoms with van der Waals surface area (Å²) in [5.41, 5.74) is 9.60. The minimum atomic E-state index is -1.13. The van der Waals surface area contributed by atoms with E-state index in [0.717, 1.165) is 44.5 Å². The van der Waals surface area contributed by atoms with Crippen LogP contribution < -0.4 is 10.7 Å². The number of amides is 3. The lowest BCUT2D eigenvalue weighted by molar-refractivity contribution is -0.155. The predicted molar refractivity (Wildman–Crippen MR) is 235 cm³/mol. The van der Waals surface area contributed by atoms with Gasteiger partial charge in [0.05, 0.1) is 30.2 Å². The molecule has 4 N–H and O–H groups in total. The zero-order valence-corrected chi connectivity index (χ0v) is 37.2. The van der Waals surface area contributed by atoms with Crippen LogP contribution in [0.15, 0.2) is 54.7 Å². The molecule has 1 saturated heterocycles. The topological polar surface area (TPSA) is 176 Å². The molecule has 3 amide bonds. The van der Waals surface area contributed by atoms with E-state index in [-0.39, 0.29) is 42.6 Å². The molecule has 2 aliphatic heterocycles. The van der Waals surface area contributed by atoms with Gasteiger partial charge in [-0.05, 0) is 111 Å². The fourth-order valence-corrected chi connectivity index (χ4v) is 9.46. The maximum atomic E-state index is 14.6. The highest BCUT2D eigenvalue weighted by atomic mass is 16.5. The molecule has 14 nitrogen and oxygen atoms in total. The summed E-state index contributed by atoms with van der Waals surface area (Å²) in [4.78, 5) is 62.4. The number of aliphatic hydroxyl groups excluding tert-OH is 1. The van der Waals surface area contributed by atoms with Gasteiger partial charge in [0.25, 0.3) is 5.91 Å². The maximum Gasteiger partial charge on any atom is 0.324 e. The number of fused-ring (bicyclic) bond motifs is 6. The summed E-state index contributed by atoms with van der Waals surface area (Å²) in [5, 5.41) is 26.5. The zero-order chi connectivity index (χ0) is 44.6. The highest BCUT2D eigenvalue weighted by Crippen LogP contribution is 2.42. The Morgan fingerprint density at radius 3 is 2.55 bits per heavy atom.